The zero-order chi connectivity index (χ0) is 47.1. The summed E-state index contributed by atoms with van der Waals surface area (Å²) in [7, 11) is 4.79. The molecule has 2 aliphatic rings. The maximum atomic E-state index is 13.1. The van der Waals surface area contributed by atoms with Crippen molar-refractivity contribution in [1.82, 2.24) is 25.8 Å². The van der Waals surface area contributed by atoms with Gasteiger partial charge in [0.25, 0.3) is 11.8 Å². The van der Waals surface area contributed by atoms with Crippen LogP contribution in [0.5, 0.6) is 11.5 Å². The lowest BCUT2D eigenvalue weighted by Gasteiger charge is -2.28. The molecule has 3 heterocycles. The summed E-state index contributed by atoms with van der Waals surface area (Å²) >= 11 is 0. The highest BCUT2D eigenvalue weighted by molar-refractivity contribution is 6.02. The maximum Gasteiger partial charge on any atom is 0.291 e. The molecule has 16 nitrogen and oxygen atoms in total. The quantitative estimate of drug-likeness (QED) is 0.0603. The number of rotatable bonds is 21. The first kappa shape index (κ1) is 47.9. The number of benzene rings is 3. The number of nitrogens with zero attached hydrogens (tertiary/aromatic N) is 2. The fourth-order valence-corrected chi connectivity index (χ4v) is 8.55. The van der Waals surface area contributed by atoms with E-state index in [2.05, 4.69) is 26.3 Å². The first-order valence-corrected chi connectivity index (χ1v) is 22.6. The second-order valence-corrected chi connectivity index (χ2v) is 16.6. The van der Waals surface area contributed by atoms with Crippen LogP contribution in [-0.4, -0.2) is 100 Å². The van der Waals surface area contributed by atoms with Gasteiger partial charge < -0.3 is 49.5 Å². The molecule has 16 heteroatoms. The summed E-state index contributed by atoms with van der Waals surface area (Å²) in [6.07, 6.45) is 6.84. The van der Waals surface area contributed by atoms with Gasteiger partial charge in [-0.1, -0.05) is 42.5 Å². The van der Waals surface area contributed by atoms with Gasteiger partial charge in [0.05, 0.1) is 52.6 Å². The van der Waals surface area contributed by atoms with Crippen LogP contribution in [0.3, 0.4) is 0 Å². The second-order valence-electron chi connectivity index (χ2n) is 16.6. The summed E-state index contributed by atoms with van der Waals surface area (Å²) in [4.78, 5) is 69.8. The van der Waals surface area contributed by atoms with Crippen molar-refractivity contribution in [3.8, 4) is 22.8 Å². The van der Waals surface area contributed by atoms with Crippen molar-refractivity contribution in [2.75, 3.05) is 66.1 Å². The molecule has 7 rings (SSSR count). The highest BCUT2D eigenvalue weighted by Crippen LogP contribution is 2.38. The lowest BCUT2D eigenvalue weighted by Crippen LogP contribution is -2.36. The van der Waals surface area contributed by atoms with Gasteiger partial charge in [-0.05, 0) is 78.6 Å². The lowest BCUT2D eigenvalue weighted by atomic mass is 9.78. The summed E-state index contributed by atoms with van der Waals surface area (Å²) in [6, 6.07) is 27.1. The molecule has 0 radical (unpaired) electrons. The molecule has 67 heavy (non-hydrogen) atoms. The molecule has 2 aromatic heterocycles. The molecule has 2 fully saturated rings. The molecule has 0 unspecified atom stereocenters. The second kappa shape index (κ2) is 23.4. The van der Waals surface area contributed by atoms with E-state index in [0.717, 1.165) is 47.9 Å². The van der Waals surface area contributed by atoms with E-state index in [0.29, 0.717) is 80.5 Å². The number of carbonyl (C=O) groups is 5. The Hall–Kier alpha value is -7.04. The van der Waals surface area contributed by atoms with Crippen molar-refractivity contribution in [1.29, 1.82) is 0 Å². The molecular formula is C51H58N6O10. The number of likely N-dealkylation sites (tertiary alicyclic amines) is 1. The van der Waals surface area contributed by atoms with Crippen LogP contribution >= 0.6 is 0 Å². The highest BCUT2D eigenvalue weighted by atomic mass is 16.5. The minimum Gasteiger partial charge on any atom is -0.497 e. The van der Waals surface area contributed by atoms with Gasteiger partial charge in [0, 0.05) is 86.4 Å². The maximum absolute atomic E-state index is 13.1. The minimum absolute atomic E-state index is 0.0474. The largest absolute Gasteiger partial charge is 0.497 e. The first-order valence-electron chi connectivity index (χ1n) is 22.6. The molecule has 1 aliphatic carbocycles. The Morgan fingerprint density at radius 3 is 2.07 bits per heavy atom. The Labute approximate surface area is 390 Å². The number of methoxy groups -OCH3 is 2. The highest BCUT2D eigenvalue weighted by Gasteiger charge is 2.42. The normalized spacial score (nSPS) is 18.0. The molecule has 0 bridgehead atoms. The lowest BCUT2D eigenvalue weighted by molar-refractivity contribution is -0.128. The Balaban J connectivity index is 0.736. The zero-order valence-corrected chi connectivity index (χ0v) is 38.1. The summed E-state index contributed by atoms with van der Waals surface area (Å²) in [5.41, 5.74) is 4.82. The number of carbonyl (C=O) groups excluding carboxylic acids is 5. The van der Waals surface area contributed by atoms with Gasteiger partial charge in [-0.3, -0.25) is 29.0 Å². The van der Waals surface area contributed by atoms with Crippen LogP contribution in [-0.2, 0) is 30.4 Å². The monoisotopic (exact) mass is 914 g/mol. The molecule has 1 saturated carbocycles. The summed E-state index contributed by atoms with van der Waals surface area (Å²) in [6.45, 7) is 2.36. The van der Waals surface area contributed by atoms with Gasteiger partial charge in [0.15, 0.2) is 5.76 Å². The van der Waals surface area contributed by atoms with Gasteiger partial charge in [-0.15, -0.1) is 0 Å². The van der Waals surface area contributed by atoms with Crippen LogP contribution in [0.4, 0.5) is 5.69 Å². The number of anilines is 1. The topological polar surface area (TPSA) is 200 Å². The van der Waals surface area contributed by atoms with Crippen LogP contribution in [0.2, 0.25) is 0 Å². The van der Waals surface area contributed by atoms with Crippen molar-refractivity contribution in [2.24, 2.45) is 11.8 Å². The molecule has 5 aromatic rings. The summed E-state index contributed by atoms with van der Waals surface area (Å²) in [5.74, 6) is 0.763. The van der Waals surface area contributed by atoms with Gasteiger partial charge in [-0.25, -0.2) is 0 Å². The molecule has 352 valence electrons. The van der Waals surface area contributed by atoms with Gasteiger partial charge in [0.2, 0.25) is 17.7 Å². The number of amides is 5. The summed E-state index contributed by atoms with van der Waals surface area (Å²) in [5, 5.41) is 11.7. The van der Waals surface area contributed by atoms with Gasteiger partial charge in [-0.2, -0.15) is 0 Å². The number of hydrogen-bond donors (Lipinski definition) is 4. The molecule has 1 aliphatic heterocycles. The molecule has 1 saturated heterocycles. The van der Waals surface area contributed by atoms with Crippen molar-refractivity contribution in [3.63, 3.8) is 0 Å². The Morgan fingerprint density at radius 1 is 0.731 bits per heavy atom. The Bertz CT molecular complexity index is 2430. The van der Waals surface area contributed by atoms with Crippen LogP contribution < -0.4 is 30.7 Å². The van der Waals surface area contributed by atoms with E-state index in [1.165, 1.54) is 14.2 Å². The number of ether oxygens (including phenoxy) is 4. The van der Waals surface area contributed by atoms with Gasteiger partial charge in [0.1, 0.15) is 17.3 Å². The third kappa shape index (κ3) is 12.9. The molecule has 3 aromatic carbocycles. The Kier molecular flexibility index (Phi) is 16.7. The number of pyridine rings is 1. The number of hydrogen-bond acceptors (Lipinski definition) is 11. The third-order valence-electron chi connectivity index (χ3n) is 12.3. The van der Waals surface area contributed by atoms with Crippen LogP contribution in [0.25, 0.3) is 11.3 Å². The van der Waals surface area contributed by atoms with Crippen molar-refractivity contribution in [3.05, 3.63) is 131 Å². The number of furan rings is 1. The van der Waals surface area contributed by atoms with Crippen LogP contribution in [0.1, 0.15) is 81.7 Å². The SMILES string of the molecule is COc1cc(NC(=O)c2ccc(-c3ccc(CNC(=O)C4CCC(c5ccc(C(=O)NCCOCCOCCNC(=O)[C@H]6CC(=O)N(C)[C@@H]6c6cccnc6)cc5)CC4)cc3)o2)cc(OC)c1. The van der Waals surface area contributed by atoms with Crippen LogP contribution in [0.15, 0.2) is 108 Å². The molecule has 2 atom stereocenters. The number of nitrogens with one attached hydrogen (secondary N) is 4. The van der Waals surface area contributed by atoms with E-state index in [9.17, 15) is 24.0 Å². The van der Waals surface area contributed by atoms with Gasteiger partial charge >= 0.3 is 0 Å². The molecule has 4 N–H and O–H groups in total. The average Bonchev–Trinajstić information content (AvgIpc) is 3.98. The van der Waals surface area contributed by atoms with E-state index in [1.807, 2.05) is 54.6 Å². The smallest absolute Gasteiger partial charge is 0.291 e. The minimum atomic E-state index is -0.494. The molecule has 5 amide bonds. The van der Waals surface area contributed by atoms with Crippen molar-refractivity contribution < 1.29 is 47.3 Å². The average molecular weight is 915 g/mol. The third-order valence-corrected chi connectivity index (χ3v) is 12.3. The zero-order valence-electron chi connectivity index (χ0n) is 38.1. The van der Waals surface area contributed by atoms with Crippen LogP contribution in [0, 0.1) is 11.8 Å². The first-order chi connectivity index (χ1) is 32.6. The standard InChI is InChI=1S/C51H58N6O10/c1-57-46(58)30-43(47(57)39-5-4-20-52-32-39)50(61)54-22-24-66-26-25-65-23-21-53-48(59)37-14-10-34(11-15-37)35-12-16-38(17-13-35)49(60)55-31-33-6-8-36(9-7-33)44-18-19-45(67-44)51(62)56-40-27-41(63-2)29-42(28-40)64-3/h4-11,14-15,18-20,27-29,32,35,38,43,47H,12-13,16-17,21-26,30-31H2,1-3H3,(H,53,59)(H,54,61)(H,55,60)(H,56,62)/t35?,38?,43-,47+/m0/s1. The fraction of sp³-hybridized carbons (Fsp3) is 0.373. The van der Waals surface area contributed by atoms with E-state index in [-0.39, 0.29) is 47.8 Å². The number of aromatic nitrogens is 1. The predicted octanol–water partition coefficient (Wildman–Crippen LogP) is 6.30. The van der Waals surface area contributed by atoms with Crippen molar-refractivity contribution >= 4 is 35.2 Å². The van der Waals surface area contributed by atoms with Crippen molar-refractivity contribution in [2.45, 2.75) is 50.6 Å². The van der Waals surface area contributed by atoms with E-state index < -0.39 is 11.8 Å². The Morgan fingerprint density at radius 2 is 1.42 bits per heavy atom. The van der Waals surface area contributed by atoms with E-state index in [1.54, 1.807) is 60.7 Å². The molecular weight excluding hydrogens is 857 g/mol. The van der Waals surface area contributed by atoms with E-state index in [4.69, 9.17) is 23.4 Å². The fourth-order valence-electron chi connectivity index (χ4n) is 8.55. The van der Waals surface area contributed by atoms with E-state index >= 15 is 0 Å². The molecule has 0 spiro atoms. The summed E-state index contributed by atoms with van der Waals surface area (Å²) < 4.78 is 27.6. The predicted molar refractivity (Wildman–Crippen MR) is 249 cm³/mol.